The van der Waals surface area contributed by atoms with Crippen LogP contribution in [0.1, 0.15) is 34.9 Å². The van der Waals surface area contributed by atoms with Crippen molar-refractivity contribution in [3.05, 3.63) is 54.0 Å². The number of nitrogens with one attached hydrogen (secondary N) is 1. The molecule has 3 heterocycles. The average Bonchev–Trinajstić information content (AvgIpc) is 3.37. The number of thiazole rings is 1. The van der Waals surface area contributed by atoms with Crippen molar-refractivity contribution in [2.75, 3.05) is 5.32 Å². The summed E-state index contributed by atoms with van der Waals surface area (Å²) in [6, 6.07) is 6.77. The molecule has 0 spiro atoms. The average molecular weight is 451 g/mol. The topological polar surface area (TPSA) is 93.5 Å². The van der Waals surface area contributed by atoms with Crippen LogP contribution in [0, 0.1) is 0 Å². The molecule has 1 aliphatic rings. The number of aliphatic hydroxyl groups is 1. The van der Waals surface area contributed by atoms with Gasteiger partial charge in [0.15, 0.2) is 10.9 Å². The number of alkyl halides is 3. The molecule has 1 amide bonds. The molecular formula is C20H16F3N3O4S. The molecule has 11 heteroatoms. The third-order valence-corrected chi connectivity index (χ3v) is 5.79. The van der Waals surface area contributed by atoms with Gasteiger partial charge in [-0.2, -0.15) is 0 Å². The van der Waals surface area contributed by atoms with Crippen molar-refractivity contribution in [1.29, 1.82) is 0 Å². The van der Waals surface area contributed by atoms with Crippen LogP contribution >= 0.6 is 11.3 Å². The fourth-order valence-electron chi connectivity index (χ4n) is 3.43. The molecular weight excluding hydrogens is 435 g/mol. The van der Waals surface area contributed by atoms with Crippen molar-refractivity contribution < 1.29 is 32.6 Å². The number of benzene rings is 1. The van der Waals surface area contributed by atoms with Crippen LogP contribution in [-0.4, -0.2) is 32.7 Å². The highest BCUT2D eigenvalue weighted by Crippen LogP contribution is 2.35. The molecule has 2 N–H and O–H groups in total. The summed E-state index contributed by atoms with van der Waals surface area (Å²) in [7, 11) is 0. The van der Waals surface area contributed by atoms with Crippen molar-refractivity contribution in [2.24, 2.45) is 0 Å². The summed E-state index contributed by atoms with van der Waals surface area (Å²) in [6.45, 7) is -0.638. The van der Waals surface area contributed by atoms with Crippen molar-refractivity contribution >= 4 is 28.2 Å². The van der Waals surface area contributed by atoms with Crippen molar-refractivity contribution in [3.63, 3.8) is 0 Å². The Morgan fingerprint density at radius 3 is 2.90 bits per heavy atom. The lowest BCUT2D eigenvalue weighted by Gasteiger charge is -2.24. The van der Waals surface area contributed by atoms with Crippen LogP contribution in [0.25, 0.3) is 10.4 Å². The van der Waals surface area contributed by atoms with Crippen LogP contribution in [0.5, 0.6) is 5.75 Å². The quantitative estimate of drug-likeness (QED) is 0.608. The second kappa shape index (κ2) is 8.16. The maximum absolute atomic E-state index is 12.7. The van der Waals surface area contributed by atoms with Gasteiger partial charge in [0.25, 0.3) is 0 Å². The van der Waals surface area contributed by atoms with Gasteiger partial charge in [0.1, 0.15) is 11.8 Å². The third-order valence-electron chi connectivity index (χ3n) is 4.82. The van der Waals surface area contributed by atoms with E-state index in [4.69, 9.17) is 0 Å². The van der Waals surface area contributed by atoms with E-state index in [0.717, 1.165) is 17.4 Å². The molecule has 0 aliphatic carbocycles. The Bertz CT molecular complexity index is 1140. The number of Topliss-reactive ketones (excluding diaryl/α,β-unsaturated/α-hetero) is 1. The lowest BCUT2D eigenvalue weighted by molar-refractivity contribution is -0.275. The molecule has 0 radical (unpaired) electrons. The minimum Gasteiger partial charge on any atom is -0.405 e. The number of carbonyl (C=O) groups excluding carboxylic acids is 2. The lowest BCUT2D eigenvalue weighted by Crippen LogP contribution is -2.31. The maximum Gasteiger partial charge on any atom is 0.573 e. The second-order valence-corrected chi connectivity index (χ2v) is 7.86. The van der Waals surface area contributed by atoms with E-state index in [9.17, 15) is 27.9 Å². The minimum atomic E-state index is -4.86. The monoisotopic (exact) mass is 451 g/mol. The predicted molar refractivity (Wildman–Crippen MR) is 106 cm³/mol. The van der Waals surface area contributed by atoms with Gasteiger partial charge in [-0.25, -0.2) is 4.98 Å². The number of ketones is 1. The summed E-state index contributed by atoms with van der Waals surface area (Å²) >= 11 is 1.14. The Morgan fingerprint density at radius 1 is 1.35 bits per heavy atom. The van der Waals surface area contributed by atoms with E-state index < -0.39 is 24.8 Å². The summed E-state index contributed by atoms with van der Waals surface area (Å²) in [6.07, 6.45) is -1.04. The Balaban J connectivity index is 1.51. The third kappa shape index (κ3) is 4.47. The minimum absolute atomic E-state index is 0.0109. The fourth-order valence-corrected chi connectivity index (χ4v) is 4.24. The highest BCUT2D eigenvalue weighted by Gasteiger charge is 2.32. The summed E-state index contributed by atoms with van der Waals surface area (Å²) < 4.78 is 43.0. The van der Waals surface area contributed by atoms with Gasteiger partial charge in [0.05, 0.1) is 17.2 Å². The van der Waals surface area contributed by atoms with Gasteiger partial charge in [-0.1, -0.05) is 11.3 Å². The van der Waals surface area contributed by atoms with Gasteiger partial charge in [-0.15, -0.1) is 13.2 Å². The van der Waals surface area contributed by atoms with Crippen LogP contribution < -0.4 is 10.1 Å². The number of nitrogens with zero attached hydrogens (tertiary/aromatic N) is 2. The number of hydrogen-bond acceptors (Lipinski definition) is 6. The molecule has 4 rings (SSSR count). The first kappa shape index (κ1) is 21.1. The first-order valence-electron chi connectivity index (χ1n) is 9.22. The SMILES string of the molecule is O=C1CCC(C(=O)Nc2ncc(-c3ccc(OC(F)(F)F)c(CO)c3)s2)n2cccc21. The molecule has 1 unspecified atom stereocenters. The lowest BCUT2D eigenvalue weighted by atomic mass is 10.0. The summed E-state index contributed by atoms with van der Waals surface area (Å²) in [4.78, 5) is 29.4. The number of aliphatic hydroxyl groups excluding tert-OH is 1. The highest BCUT2D eigenvalue weighted by molar-refractivity contribution is 7.19. The Kier molecular flexibility index (Phi) is 5.54. The molecule has 31 heavy (non-hydrogen) atoms. The molecule has 162 valence electrons. The van der Waals surface area contributed by atoms with Gasteiger partial charge >= 0.3 is 6.36 Å². The van der Waals surface area contributed by atoms with Crippen LogP contribution in [0.4, 0.5) is 18.3 Å². The van der Waals surface area contributed by atoms with Gasteiger partial charge in [-0.3, -0.25) is 9.59 Å². The van der Waals surface area contributed by atoms with Crippen molar-refractivity contribution in [2.45, 2.75) is 31.9 Å². The Hall–Kier alpha value is -3.18. The summed E-state index contributed by atoms with van der Waals surface area (Å²) in [5.41, 5.74) is 0.984. The second-order valence-electron chi connectivity index (χ2n) is 6.83. The molecule has 0 bridgehead atoms. The van der Waals surface area contributed by atoms with Gasteiger partial charge < -0.3 is 19.7 Å². The molecule has 1 aliphatic heterocycles. The standard InChI is InChI=1S/C20H16F3N3O4S/c21-20(22,23)30-16-6-3-11(8-12(16)10-27)17-9-24-19(31-17)25-18(29)14-4-5-15(28)13-2-1-7-26(13)14/h1-3,6-9,14,27H,4-5,10H2,(H,24,25,29). The molecule has 7 nitrogen and oxygen atoms in total. The predicted octanol–water partition coefficient (Wildman–Crippen LogP) is 4.16. The summed E-state index contributed by atoms with van der Waals surface area (Å²) in [5.74, 6) is -0.801. The zero-order chi connectivity index (χ0) is 22.2. The van der Waals surface area contributed by atoms with Gasteiger partial charge in [0.2, 0.25) is 5.91 Å². The normalized spacial score (nSPS) is 16.1. The number of fused-ring (bicyclic) bond motifs is 1. The van der Waals surface area contributed by atoms with E-state index in [1.54, 1.807) is 22.9 Å². The van der Waals surface area contributed by atoms with E-state index in [0.29, 0.717) is 27.7 Å². The number of aromatic nitrogens is 2. The summed E-state index contributed by atoms with van der Waals surface area (Å²) in [5, 5.41) is 12.4. The number of anilines is 1. The number of rotatable bonds is 5. The molecule has 3 aromatic rings. The van der Waals surface area contributed by atoms with Gasteiger partial charge in [-0.05, 0) is 42.3 Å². The van der Waals surface area contributed by atoms with E-state index in [-0.39, 0.29) is 23.7 Å². The van der Waals surface area contributed by atoms with E-state index >= 15 is 0 Å². The first-order valence-corrected chi connectivity index (χ1v) is 10.0. The Labute approximate surface area is 178 Å². The first-order chi connectivity index (χ1) is 14.7. The van der Waals surface area contributed by atoms with E-state index in [2.05, 4.69) is 15.0 Å². The molecule has 1 aromatic carbocycles. The highest BCUT2D eigenvalue weighted by atomic mass is 32.1. The number of hydrogen-bond donors (Lipinski definition) is 2. The fraction of sp³-hybridized carbons (Fsp3) is 0.250. The molecule has 1 atom stereocenters. The molecule has 0 fully saturated rings. The zero-order valence-electron chi connectivity index (χ0n) is 15.8. The largest absolute Gasteiger partial charge is 0.573 e. The van der Waals surface area contributed by atoms with E-state index in [1.807, 2.05) is 0 Å². The maximum atomic E-state index is 12.7. The van der Waals surface area contributed by atoms with Crippen LogP contribution in [0.3, 0.4) is 0 Å². The van der Waals surface area contributed by atoms with Crippen molar-refractivity contribution in [3.8, 4) is 16.2 Å². The zero-order valence-corrected chi connectivity index (χ0v) is 16.7. The molecule has 0 saturated heterocycles. The number of ether oxygens (including phenoxy) is 1. The van der Waals surface area contributed by atoms with Gasteiger partial charge in [0, 0.05) is 24.4 Å². The smallest absolute Gasteiger partial charge is 0.405 e. The van der Waals surface area contributed by atoms with Crippen molar-refractivity contribution in [1.82, 2.24) is 9.55 Å². The molecule has 0 saturated carbocycles. The number of halogens is 3. The van der Waals surface area contributed by atoms with Crippen LogP contribution in [-0.2, 0) is 11.4 Å². The number of amides is 1. The Morgan fingerprint density at radius 2 is 2.16 bits per heavy atom. The van der Waals surface area contributed by atoms with E-state index in [1.165, 1.54) is 18.3 Å². The number of carbonyl (C=O) groups is 2. The van der Waals surface area contributed by atoms with Crippen LogP contribution in [0.15, 0.2) is 42.7 Å². The molecule has 2 aromatic heterocycles. The van der Waals surface area contributed by atoms with Crippen LogP contribution in [0.2, 0.25) is 0 Å².